The molecule has 8 heteroatoms. The number of ether oxygens (including phenoxy) is 1. The van der Waals surface area contributed by atoms with E-state index >= 15 is 4.39 Å². The maximum absolute atomic E-state index is 15.2. The lowest BCUT2D eigenvalue weighted by atomic mass is 9.98. The van der Waals surface area contributed by atoms with E-state index in [-0.39, 0.29) is 11.8 Å². The predicted molar refractivity (Wildman–Crippen MR) is 127 cm³/mol. The predicted octanol–water partition coefficient (Wildman–Crippen LogP) is 5.02. The van der Waals surface area contributed by atoms with Gasteiger partial charge in [-0.05, 0) is 49.7 Å². The van der Waals surface area contributed by atoms with Gasteiger partial charge in [-0.2, -0.15) is 0 Å². The summed E-state index contributed by atoms with van der Waals surface area (Å²) >= 11 is 0. The van der Waals surface area contributed by atoms with Crippen molar-refractivity contribution in [2.24, 2.45) is 7.05 Å². The van der Waals surface area contributed by atoms with Crippen LogP contribution in [0.25, 0.3) is 33.4 Å². The number of fused-ring (bicyclic) bond motifs is 1. The van der Waals surface area contributed by atoms with Gasteiger partial charge in [0.25, 0.3) is 0 Å². The number of rotatable bonds is 4. The number of nitrogens with zero attached hydrogens (tertiary/aromatic N) is 6. The molecule has 0 amide bonds. The second-order valence-corrected chi connectivity index (χ2v) is 7.74. The van der Waals surface area contributed by atoms with E-state index in [4.69, 9.17) is 11.2 Å². The molecule has 166 valence electrons. The zero-order chi connectivity index (χ0) is 23.8. The van der Waals surface area contributed by atoms with Gasteiger partial charge in [0.1, 0.15) is 17.7 Å². The topological polar surface area (TPSA) is 78.6 Å². The number of benzene rings is 1. The van der Waals surface area contributed by atoms with Crippen LogP contribution in [0.3, 0.4) is 0 Å². The van der Waals surface area contributed by atoms with Crippen molar-refractivity contribution in [2.45, 2.75) is 13.8 Å². The molecule has 0 fully saturated rings. The van der Waals surface area contributed by atoms with Gasteiger partial charge in [-0.25, -0.2) is 29.3 Å². The van der Waals surface area contributed by atoms with Gasteiger partial charge in [0, 0.05) is 41.6 Å². The molecular weight excluding hydrogens is 431 g/mol. The second kappa shape index (κ2) is 8.37. The summed E-state index contributed by atoms with van der Waals surface area (Å²) in [4.78, 5) is 21.4. The average molecular weight is 450 g/mol. The summed E-state index contributed by atoms with van der Waals surface area (Å²) in [5, 5.41) is 0.830. The molecule has 4 aromatic heterocycles. The van der Waals surface area contributed by atoms with Crippen LogP contribution in [0.15, 0.2) is 55.1 Å². The largest absolute Gasteiger partial charge is 0.421 e. The summed E-state index contributed by atoms with van der Waals surface area (Å²) in [5.74, 6) is 2.02. The van der Waals surface area contributed by atoms with E-state index in [1.807, 2.05) is 31.5 Å². The number of halogens is 1. The van der Waals surface area contributed by atoms with E-state index in [9.17, 15) is 0 Å². The first-order valence-electron chi connectivity index (χ1n) is 10.5. The standard InChI is InChI=1S/C26H19FN6O/c1-5-19-8-6-18(13-29-19)24-23(22-16(3)30-14-31-25(22)33(24)4)17-7-9-21(20(27)12-17)34-26-28-11-10-15(2)32-26/h1,6-14H,2-4H3. The molecule has 0 atom stereocenters. The Hall–Kier alpha value is -4.64. The lowest BCUT2D eigenvalue weighted by Gasteiger charge is -2.11. The highest BCUT2D eigenvalue weighted by Gasteiger charge is 2.22. The van der Waals surface area contributed by atoms with Crippen LogP contribution in [0, 0.1) is 32.0 Å². The SMILES string of the molecule is C#Cc1ccc(-c2c(-c3ccc(Oc4nccc(C)n4)c(F)c3)c3c(C)ncnc3n2C)cn1. The maximum Gasteiger partial charge on any atom is 0.322 e. The van der Waals surface area contributed by atoms with Gasteiger partial charge < -0.3 is 9.30 Å². The number of aryl methyl sites for hydroxylation is 3. The van der Waals surface area contributed by atoms with Crippen molar-refractivity contribution in [2.75, 3.05) is 0 Å². The van der Waals surface area contributed by atoms with Crippen LogP contribution in [0.2, 0.25) is 0 Å². The van der Waals surface area contributed by atoms with E-state index in [0.29, 0.717) is 11.3 Å². The second-order valence-electron chi connectivity index (χ2n) is 7.74. The number of terminal acetylenes is 1. The van der Waals surface area contributed by atoms with Gasteiger partial charge in [0.05, 0.1) is 11.4 Å². The summed E-state index contributed by atoms with van der Waals surface area (Å²) < 4.78 is 22.7. The number of hydrogen-bond donors (Lipinski definition) is 0. The fourth-order valence-corrected chi connectivity index (χ4v) is 3.95. The van der Waals surface area contributed by atoms with Gasteiger partial charge in [-0.3, -0.25) is 0 Å². The third-order valence-electron chi connectivity index (χ3n) is 5.54. The molecule has 5 rings (SSSR count). The minimum absolute atomic E-state index is 0.0316. The van der Waals surface area contributed by atoms with Crippen LogP contribution < -0.4 is 4.74 Å². The fraction of sp³-hybridized carbons (Fsp3) is 0.115. The zero-order valence-electron chi connectivity index (χ0n) is 18.7. The number of hydrogen-bond acceptors (Lipinski definition) is 6. The van der Waals surface area contributed by atoms with Gasteiger partial charge in [0.15, 0.2) is 11.6 Å². The molecule has 4 heterocycles. The Balaban J connectivity index is 1.68. The van der Waals surface area contributed by atoms with Crippen LogP contribution in [0.5, 0.6) is 11.8 Å². The molecule has 0 N–H and O–H groups in total. The van der Waals surface area contributed by atoms with Crippen LogP contribution in [0.4, 0.5) is 4.39 Å². The average Bonchev–Trinajstić information content (AvgIpc) is 3.14. The fourth-order valence-electron chi connectivity index (χ4n) is 3.95. The summed E-state index contributed by atoms with van der Waals surface area (Å²) in [5.41, 5.74) is 5.86. The lowest BCUT2D eigenvalue weighted by molar-refractivity contribution is 0.410. The minimum Gasteiger partial charge on any atom is -0.421 e. The Morgan fingerprint density at radius 3 is 2.53 bits per heavy atom. The Kier molecular flexibility index (Phi) is 5.22. The molecule has 0 unspecified atom stereocenters. The smallest absolute Gasteiger partial charge is 0.322 e. The Morgan fingerprint density at radius 1 is 1.00 bits per heavy atom. The van der Waals surface area contributed by atoms with Crippen LogP contribution in [0.1, 0.15) is 17.1 Å². The normalized spacial score (nSPS) is 10.9. The maximum atomic E-state index is 15.2. The van der Waals surface area contributed by atoms with E-state index in [1.54, 1.807) is 36.7 Å². The van der Waals surface area contributed by atoms with Gasteiger partial charge in [0.2, 0.25) is 0 Å². The molecule has 0 saturated heterocycles. The molecule has 0 aliphatic carbocycles. The quantitative estimate of drug-likeness (QED) is 0.358. The third-order valence-corrected chi connectivity index (χ3v) is 5.54. The summed E-state index contributed by atoms with van der Waals surface area (Å²) in [6.45, 7) is 3.71. The molecule has 0 radical (unpaired) electrons. The Morgan fingerprint density at radius 2 is 1.82 bits per heavy atom. The van der Waals surface area contributed by atoms with Crippen molar-refractivity contribution < 1.29 is 9.13 Å². The van der Waals surface area contributed by atoms with Crippen molar-refractivity contribution in [3.05, 3.63) is 78.0 Å². The molecule has 5 aromatic rings. The molecule has 34 heavy (non-hydrogen) atoms. The minimum atomic E-state index is -0.541. The highest BCUT2D eigenvalue weighted by Crippen LogP contribution is 2.41. The first-order valence-corrected chi connectivity index (χ1v) is 10.5. The lowest BCUT2D eigenvalue weighted by Crippen LogP contribution is -1.96. The molecule has 0 saturated carbocycles. The first kappa shape index (κ1) is 21.2. The highest BCUT2D eigenvalue weighted by molar-refractivity contribution is 6.04. The Labute approximate surface area is 195 Å². The monoisotopic (exact) mass is 450 g/mol. The molecule has 0 bridgehead atoms. The van der Waals surface area contributed by atoms with Gasteiger partial charge >= 0.3 is 6.01 Å². The number of aromatic nitrogens is 6. The van der Waals surface area contributed by atoms with Crippen LogP contribution in [-0.2, 0) is 7.05 Å². The van der Waals surface area contributed by atoms with E-state index in [2.05, 4.69) is 30.8 Å². The van der Waals surface area contributed by atoms with Gasteiger partial charge in [-0.1, -0.05) is 12.0 Å². The Bertz CT molecular complexity index is 1580. The zero-order valence-corrected chi connectivity index (χ0v) is 18.7. The van der Waals surface area contributed by atoms with Crippen molar-refractivity contribution in [1.82, 2.24) is 29.5 Å². The molecule has 7 nitrogen and oxygen atoms in total. The molecule has 0 aliphatic heterocycles. The van der Waals surface area contributed by atoms with Crippen molar-refractivity contribution in [3.8, 4) is 46.5 Å². The van der Waals surface area contributed by atoms with E-state index in [1.165, 1.54) is 12.4 Å². The first-order chi connectivity index (χ1) is 16.5. The molecule has 0 spiro atoms. The molecular formula is C26H19FN6O. The van der Waals surface area contributed by atoms with E-state index < -0.39 is 5.82 Å². The van der Waals surface area contributed by atoms with Crippen molar-refractivity contribution in [3.63, 3.8) is 0 Å². The van der Waals surface area contributed by atoms with Crippen molar-refractivity contribution >= 4 is 11.0 Å². The molecule has 1 aromatic carbocycles. The summed E-state index contributed by atoms with van der Waals surface area (Å²) in [6.07, 6.45) is 10.3. The number of pyridine rings is 1. The van der Waals surface area contributed by atoms with Crippen LogP contribution in [-0.4, -0.2) is 29.5 Å². The van der Waals surface area contributed by atoms with E-state index in [0.717, 1.165) is 39.2 Å². The van der Waals surface area contributed by atoms with Crippen LogP contribution >= 0.6 is 0 Å². The molecule has 0 aliphatic rings. The van der Waals surface area contributed by atoms with Gasteiger partial charge in [-0.15, -0.1) is 6.42 Å². The highest BCUT2D eigenvalue weighted by atomic mass is 19.1. The van der Waals surface area contributed by atoms with Crippen molar-refractivity contribution in [1.29, 1.82) is 0 Å². The summed E-state index contributed by atoms with van der Waals surface area (Å²) in [6, 6.07) is 10.3. The third kappa shape index (κ3) is 3.63. The summed E-state index contributed by atoms with van der Waals surface area (Å²) in [7, 11) is 1.91.